The Hall–Kier alpha value is -1.08. The van der Waals surface area contributed by atoms with Crippen LogP contribution in [0, 0.1) is 0 Å². The van der Waals surface area contributed by atoms with Gasteiger partial charge in [0.2, 0.25) is 0 Å². The molecule has 0 saturated heterocycles. The number of hydrogen-bond donors (Lipinski definition) is 1. The van der Waals surface area contributed by atoms with Gasteiger partial charge in [-0.05, 0) is 40.9 Å². The van der Waals surface area contributed by atoms with Crippen LogP contribution in [-0.2, 0) is 21.0 Å². The minimum Gasteiger partial charge on any atom is -0.462 e. The molecule has 0 heterocycles. The maximum Gasteiger partial charge on any atom is 0.338 e. The Morgan fingerprint density at radius 2 is 1.95 bits per heavy atom. The first-order valence-electron chi connectivity index (χ1n) is 6.30. The maximum atomic E-state index is 12.1. The second-order valence-electron chi connectivity index (χ2n) is 4.11. The van der Waals surface area contributed by atoms with Gasteiger partial charge in [0.25, 0.3) is 0 Å². The van der Waals surface area contributed by atoms with Crippen molar-refractivity contribution in [1.29, 1.82) is 0 Å². The summed E-state index contributed by atoms with van der Waals surface area (Å²) in [5.41, 5.74) is 7.03. The molecule has 0 aromatic heterocycles. The lowest BCUT2D eigenvalue weighted by Crippen LogP contribution is -2.14. The molecule has 0 aliphatic heterocycles. The Kier molecular flexibility index (Phi) is 5.59. The van der Waals surface area contributed by atoms with Gasteiger partial charge in [0.1, 0.15) is 0 Å². The van der Waals surface area contributed by atoms with E-state index in [2.05, 4.69) is 15.9 Å². The predicted molar refractivity (Wildman–Crippen MR) is 81.6 cm³/mol. The Balaban J connectivity index is 3.64. The fourth-order valence-corrected chi connectivity index (χ4v) is 3.93. The van der Waals surface area contributed by atoms with Crippen molar-refractivity contribution in [3.8, 4) is 0 Å². The molecule has 0 spiro atoms. The van der Waals surface area contributed by atoms with Gasteiger partial charge in [-0.15, -0.1) is 0 Å². The molecule has 1 rings (SSSR count). The summed E-state index contributed by atoms with van der Waals surface area (Å²) in [6, 6.07) is 1.34. The van der Waals surface area contributed by atoms with Crippen LogP contribution in [0.3, 0.4) is 0 Å². The maximum absolute atomic E-state index is 12.1. The summed E-state index contributed by atoms with van der Waals surface area (Å²) in [5.74, 6) is -0.630. The van der Waals surface area contributed by atoms with Crippen molar-refractivity contribution in [3.05, 3.63) is 21.7 Å². The molecule has 0 aliphatic carbocycles. The number of hydrogen-bond acceptors (Lipinski definition) is 5. The number of ether oxygens (including phenoxy) is 1. The highest BCUT2D eigenvalue weighted by molar-refractivity contribution is 9.10. The van der Waals surface area contributed by atoms with E-state index < -0.39 is 15.8 Å². The normalized spacial score (nSPS) is 11.4. The number of esters is 1. The van der Waals surface area contributed by atoms with Crippen LogP contribution in [0.5, 0.6) is 0 Å². The number of anilines is 1. The number of rotatable bonds is 5. The summed E-state index contributed by atoms with van der Waals surface area (Å²) in [5, 5.41) is 0. The number of carbonyl (C=O) groups is 1. The van der Waals surface area contributed by atoms with Crippen LogP contribution >= 0.6 is 15.9 Å². The van der Waals surface area contributed by atoms with E-state index in [-0.39, 0.29) is 28.5 Å². The third-order valence-corrected chi connectivity index (χ3v) is 5.81. The van der Waals surface area contributed by atoms with Gasteiger partial charge in [-0.2, -0.15) is 0 Å². The van der Waals surface area contributed by atoms with Gasteiger partial charge in [-0.25, -0.2) is 13.2 Å². The van der Waals surface area contributed by atoms with Gasteiger partial charge in [-0.3, -0.25) is 0 Å². The van der Waals surface area contributed by atoms with Crippen molar-refractivity contribution in [1.82, 2.24) is 0 Å². The SMILES string of the molecule is CCOC(=O)c1cc(S(=O)(=O)CC)c(Br)c(N)c1CC. The summed E-state index contributed by atoms with van der Waals surface area (Å²) >= 11 is 3.21. The zero-order chi connectivity index (χ0) is 15.5. The third kappa shape index (κ3) is 3.15. The van der Waals surface area contributed by atoms with E-state index in [0.717, 1.165) is 0 Å². The van der Waals surface area contributed by atoms with Crippen LogP contribution in [0.4, 0.5) is 5.69 Å². The number of nitrogen functional groups attached to an aromatic ring is 1. The Morgan fingerprint density at radius 1 is 1.35 bits per heavy atom. The van der Waals surface area contributed by atoms with Gasteiger partial charge in [0.05, 0.1) is 33.0 Å². The minimum absolute atomic E-state index is 0.0257. The van der Waals surface area contributed by atoms with Crippen molar-refractivity contribution in [2.75, 3.05) is 18.1 Å². The van der Waals surface area contributed by atoms with E-state index in [1.807, 2.05) is 6.92 Å². The van der Waals surface area contributed by atoms with Crippen molar-refractivity contribution in [2.24, 2.45) is 0 Å². The molecule has 5 nitrogen and oxygen atoms in total. The van der Waals surface area contributed by atoms with Gasteiger partial charge in [0.15, 0.2) is 9.84 Å². The van der Waals surface area contributed by atoms with Gasteiger partial charge in [-0.1, -0.05) is 13.8 Å². The van der Waals surface area contributed by atoms with E-state index in [9.17, 15) is 13.2 Å². The van der Waals surface area contributed by atoms with Crippen LogP contribution in [0.15, 0.2) is 15.4 Å². The van der Waals surface area contributed by atoms with Gasteiger partial charge >= 0.3 is 5.97 Å². The Morgan fingerprint density at radius 3 is 2.40 bits per heavy atom. The second kappa shape index (κ2) is 6.58. The molecule has 0 unspecified atom stereocenters. The fraction of sp³-hybridized carbons (Fsp3) is 0.462. The summed E-state index contributed by atoms with van der Waals surface area (Å²) in [6.45, 7) is 5.29. The summed E-state index contributed by atoms with van der Waals surface area (Å²) in [6.07, 6.45) is 0.505. The molecule has 7 heteroatoms. The lowest BCUT2D eigenvalue weighted by molar-refractivity contribution is 0.0525. The largest absolute Gasteiger partial charge is 0.462 e. The molecule has 0 radical (unpaired) electrons. The van der Waals surface area contributed by atoms with Gasteiger partial charge < -0.3 is 10.5 Å². The van der Waals surface area contributed by atoms with Crippen LogP contribution in [0.1, 0.15) is 36.7 Å². The number of benzene rings is 1. The first-order valence-corrected chi connectivity index (χ1v) is 8.75. The zero-order valence-corrected chi connectivity index (χ0v) is 14.1. The molecule has 2 N–H and O–H groups in total. The smallest absolute Gasteiger partial charge is 0.338 e. The molecular weight excluding hydrogens is 346 g/mol. The molecule has 0 atom stereocenters. The quantitative estimate of drug-likeness (QED) is 0.641. The summed E-state index contributed by atoms with van der Waals surface area (Å²) in [4.78, 5) is 12.0. The number of nitrogens with two attached hydrogens (primary N) is 1. The minimum atomic E-state index is -3.48. The number of halogens is 1. The molecule has 112 valence electrons. The van der Waals surface area contributed by atoms with Crippen LogP contribution in [-0.4, -0.2) is 26.7 Å². The standard InChI is InChI=1S/C13H18BrNO4S/c1-4-8-9(13(16)19-5-2)7-10(11(14)12(8)15)20(17,18)6-3/h7H,4-6,15H2,1-3H3. The van der Waals surface area contributed by atoms with Crippen LogP contribution in [0.25, 0.3) is 0 Å². The molecule has 1 aromatic rings. The van der Waals surface area contributed by atoms with Crippen LogP contribution < -0.4 is 5.73 Å². The first-order chi connectivity index (χ1) is 9.30. The highest BCUT2D eigenvalue weighted by Gasteiger charge is 2.24. The van der Waals surface area contributed by atoms with E-state index in [0.29, 0.717) is 16.5 Å². The third-order valence-electron chi connectivity index (χ3n) is 2.94. The molecular formula is C13H18BrNO4S. The van der Waals surface area contributed by atoms with E-state index in [1.165, 1.54) is 13.0 Å². The average Bonchev–Trinajstić information content (AvgIpc) is 2.41. The van der Waals surface area contributed by atoms with Gasteiger partial charge in [0, 0.05) is 0 Å². The zero-order valence-electron chi connectivity index (χ0n) is 11.7. The van der Waals surface area contributed by atoms with Crippen LogP contribution in [0.2, 0.25) is 0 Å². The van der Waals surface area contributed by atoms with E-state index in [4.69, 9.17) is 10.5 Å². The lowest BCUT2D eigenvalue weighted by atomic mass is 10.0. The topological polar surface area (TPSA) is 86.5 Å². The molecule has 0 fully saturated rings. The number of sulfone groups is 1. The first kappa shape index (κ1) is 17.0. The Labute approximate surface area is 127 Å². The molecule has 0 aliphatic rings. The second-order valence-corrected chi connectivity index (χ2v) is 7.15. The highest BCUT2D eigenvalue weighted by Crippen LogP contribution is 2.34. The Bertz CT molecular complexity index is 626. The molecule has 20 heavy (non-hydrogen) atoms. The summed E-state index contributed by atoms with van der Waals surface area (Å²) in [7, 11) is -3.48. The van der Waals surface area contributed by atoms with Crippen molar-refractivity contribution in [3.63, 3.8) is 0 Å². The fourth-order valence-electron chi connectivity index (χ4n) is 1.85. The van der Waals surface area contributed by atoms with Crippen molar-refractivity contribution < 1.29 is 17.9 Å². The molecule has 1 aromatic carbocycles. The monoisotopic (exact) mass is 363 g/mol. The van der Waals surface area contributed by atoms with E-state index in [1.54, 1.807) is 6.92 Å². The highest BCUT2D eigenvalue weighted by atomic mass is 79.9. The average molecular weight is 364 g/mol. The molecule has 0 amide bonds. The number of carbonyl (C=O) groups excluding carboxylic acids is 1. The lowest BCUT2D eigenvalue weighted by Gasteiger charge is -2.15. The predicted octanol–water partition coefficient (Wildman–Crippen LogP) is 2.56. The molecule has 0 saturated carbocycles. The molecule has 0 bridgehead atoms. The van der Waals surface area contributed by atoms with Crippen molar-refractivity contribution in [2.45, 2.75) is 32.1 Å². The van der Waals surface area contributed by atoms with E-state index >= 15 is 0 Å². The summed E-state index contributed by atoms with van der Waals surface area (Å²) < 4.78 is 29.4. The van der Waals surface area contributed by atoms with Crippen molar-refractivity contribution >= 4 is 37.4 Å².